The van der Waals surface area contributed by atoms with Crippen LogP contribution in [-0.4, -0.2) is 35.5 Å². The number of carbonyl (C=O) groups excluding carboxylic acids is 1. The first-order chi connectivity index (χ1) is 10.9. The molecule has 0 saturated heterocycles. The quantitative estimate of drug-likeness (QED) is 0.870. The Morgan fingerprint density at radius 2 is 2.00 bits per heavy atom. The largest absolute Gasteiger partial charge is 0.497 e. The van der Waals surface area contributed by atoms with Crippen molar-refractivity contribution in [1.82, 2.24) is 9.78 Å². The zero-order valence-electron chi connectivity index (χ0n) is 12.3. The number of anilines is 1. The zero-order chi connectivity index (χ0) is 16.6. The van der Waals surface area contributed by atoms with Gasteiger partial charge in [-0.15, -0.1) is 0 Å². The van der Waals surface area contributed by atoms with Gasteiger partial charge in [-0.1, -0.05) is 12.1 Å². The third kappa shape index (κ3) is 2.88. The molecule has 0 bridgehead atoms. The van der Waals surface area contributed by atoms with Crippen LogP contribution in [0.15, 0.2) is 30.5 Å². The predicted molar refractivity (Wildman–Crippen MR) is 76.4 cm³/mol. The van der Waals surface area contributed by atoms with E-state index in [2.05, 4.69) is 5.10 Å². The van der Waals surface area contributed by atoms with E-state index >= 15 is 0 Å². The average molecular weight is 325 g/mol. The van der Waals surface area contributed by atoms with Crippen LogP contribution >= 0.6 is 0 Å². The van der Waals surface area contributed by atoms with Gasteiger partial charge in [-0.3, -0.25) is 9.48 Å². The lowest BCUT2D eigenvalue weighted by atomic mass is 10.2. The first-order valence-electron chi connectivity index (χ1n) is 6.96. The second-order valence-electron chi connectivity index (χ2n) is 5.19. The number of nitrogens with zero attached hydrogens (tertiary/aromatic N) is 3. The molecule has 2 aromatic rings. The van der Waals surface area contributed by atoms with E-state index in [-0.39, 0.29) is 12.2 Å². The van der Waals surface area contributed by atoms with Gasteiger partial charge in [-0.25, -0.2) is 0 Å². The van der Waals surface area contributed by atoms with Crippen LogP contribution < -0.4 is 9.64 Å². The molecule has 1 aliphatic rings. The molecule has 122 valence electrons. The van der Waals surface area contributed by atoms with Gasteiger partial charge in [0, 0.05) is 13.0 Å². The minimum absolute atomic E-state index is 0.0220. The number of ether oxygens (including phenoxy) is 1. The maximum atomic E-state index is 12.6. The van der Waals surface area contributed by atoms with E-state index in [9.17, 15) is 18.0 Å². The normalized spacial score (nSPS) is 14.0. The van der Waals surface area contributed by atoms with E-state index in [0.717, 1.165) is 16.2 Å². The molecule has 0 fully saturated rings. The van der Waals surface area contributed by atoms with Crippen molar-refractivity contribution >= 4 is 11.6 Å². The molecule has 2 heterocycles. The highest BCUT2D eigenvalue weighted by atomic mass is 19.4. The molecule has 0 atom stereocenters. The number of methoxy groups -OCH3 is 1. The second kappa shape index (κ2) is 5.60. The number of fused-ring (bicyclic) bond motifs is 1. The van der Waals surface area contributed by atoms with E-state index in [1.165, 1.54) is 6.20 Å². The van der Waals surface area contributed by atoms with Crippen LogP contribution in [-0.2, 0) is 17.8 Å². The number of rotatable bonds is 3. The Bertz CT molecular complexity index is 723. The lowest BCUT2D eigenvalue weighted by Crippen LogP contribution is -2.40. The molecule has 1 aliphatic heterocycles. The van der Waals surface area contributed by atoms with Crippen LogP contribution in [0.2, 0.25) is 0 Å². The molecule has 3 rings (SSSR count). The molecule has 8 heteroatoms. The van der Waals surface area contributed by atoms with E-state index in [0.29, 0.717) is 18.7 Å². The molecular weight excluding hydrogens is 311 g/mol. The van der Waals surface area contributed by atoms with Crippen molar-refractivity contribution < 1.29 is 22.7 Å². The Balaban J connectivity index is 1.81. The monoisotopic (exact) mass is 325 g/mol. The van der Waals surface area contributed by atoms with Gasteiger partial charge in [0.25, 0.3) is 0 Å². The summed E-state index contributed by atoms with van der Waals surface area (Å²) in [5, 5.41) is 4.11. The minimum Gasteiger partial charge on any atom is -0.497 e. The predicted octanol–water partition coefficient (Wildman–Crippen LogP) is 2.39. The molecule has 0 spiro atoms. The number of aromatic nitrogens is 2. The molecule has 0 aliphatic carbocycles. The molecule has 0 unspecified atom stereocenters. The summed E-state index contributed by atoms with van der Waals surface area (Å²) in [4.78, 5) is 12.2. The van der Waals surface area contributed by atoms with Crippen molar-refractivity contribution in [3.8, 4) is 5.75 Å². The average Bonchev–Trinajstić information content (AvgIpc) is 3.09. The van der Waals surface area contributed by atoms with Gasteiger partial charge in [-0.05, 0) is 17.7 Å². The van der Waals surface area contributed by atoms with Gasteiger partial charge < -0.3 is 9.64 Å². The van der Waals surface area contributed by atoms with Gasteiger partial charge in [0.1, 0.15) is 5.75 Å². The van der Waals surface area contributed by atoms with E-state index < -0.39 is 12.1 Å². The van der Waals surface area contributed by atoms with Gasteiger partial charge in [-0.2, -0.15) is 18.3 Å². The summed E-state index contributed by atoms with van der Waals surface area (Å²) in [6.07, 6.45) is -3.21. The summed E-state index contributed by atoms with van der Waals surface area (Å²) in [7, 11) is 1.57. The fourth-order valence-corrected chi connectivity index (χ4v) is 2.63. The Labute approximate surface area is 130 Å². The van der Waals surface area contributed by atoms with Crippen LogP contribution in [0.1, 0.15) is 11.3 Å². The Kier molecular flexibility index (Phi) is 3.75. The summed E-state index contributed by atoms with van der Waals surface area (Å²) in [5.41, 5.74) is 1.82. The van der Waals surface area contributed by atoms with Crippen molar-refractivity contribution in [3.63, 3.8) is 0 Å². The maximum absolute atomic E-state index is 12.6. The minimum atomic E-state index is -4.88. The van der Waals surface area contributed by atoms with E-state index in [4.69, 9.17) is 4.74 Å². The van der Waals surface area contributed by atoms with Gasteiger partial charge >= 0.3 is 12.1 Å². The molecule has 5 nitrogen and oxygen atoms in total. The number of alkyl halides is 3. The summed E-state index contributed by atoms with van der Waals surface area (Å²) in [6.45, 7) is 0.446. The molecule has 1 amide bonds. The lowest BCUT2D eigenvalue weighted by molar-refractivity contribution is -0.170. The summed E-state index contributed by atoms with van der Waals surface area (Å²) < 4.78 is 44.5. The fourth-order valence-electron chi connectivity index (χ4n) is 2.63. The van der Waals surface area contributed by atoms with Gasteiger partial charge in [0.15, 0.2) is 0 Å². The highest BCUT2D eigenvalue weighted by molar-refractivity contribution is 5.98. The SMILES string of the molecule is COc1ccc(Cn2ncc3c2CCN3C(=O)C(F)(F)F)cc1. The number of hydrogen-bond acceptors (Lipinski definition) is 3. The van der Waals surface area contributed by atoms with Crippen molar-refractivity contribution in [2.24, 2.45) is 0 Å². The first-order valence-corrected chi connectivity index (χ1v) is 6.96. The topological polar surface area (TPSA) is 47.4 Å². The summed E-state index contributed by atoms with van der Waals surface area (Å²) >= 11 is 0. The molecule has 0 N–H and O–H groups in total. The van der Waals surface area contributed by atoms with Crippen molar-refractivity contribution in [2.75, 3.05) is 18.6 Å². The number of carbonyl (C=O) groups is 1. The molecule has 1 aromatic heterocycles. The summed E-state index contributed by atoms with van der Waals surface area (Å²) in [6, 6.07) is 7.33. The number of benzene rings is 1. The van der Waals surface area contributed by atoms with Crippen LogP contribution in [0.25, 0.3) is 0 Å². The zero-order valence-corrected chi connectivity index (χ0v) is 12.3. The Hall–Kier alpha value is -2.51. The molecule has 23 heavy (non-hydrogen) atoms. The van der Waals surface area contributed by atoms with Crippen LogP contribution in [0.4, 0.5) is 18.9 Å². The smallest absolute Gasteiger partial charge is 0.471 e. The Morgan fingerprint density at radius 3 is 2.61 bits per heavy atom. The van der Waals surface area contributed by atoms with Gasteiger partial charge in [0.05, 0.1) is 31.2 Å². The third-order valence-corrected chi connectivity index (χ3v) is 3.77. The summed E-state index contributed by atoms with van der Waals surface area (Å²) in [5.74, 6) is -1.12. The molecule has 1 aromatic carbocycles. The van der Waals surface area contributed by atoms with Gasteiger partial charge in [0.2, 0.25) is 0 Å². The first kappa shape index (κ1) is 15.4. The van der Waals surface area contributed by atoms with Crippen molar-refractivity contribution in [2.45, 2.75) is 19.1 Å². The number of hydrogen-bond donors (Lipinski definition) is 0. The van der Waals surface area contributed by atoms with E-state index in [1.54, 1.807) is 23.9 Å². The maximum Gasteiger partial charge on any atom is 0.471 e. The lowest BCUT2D eigenvalue weighted by Gasteiger charge is -2.16. The second-order valence-corrected chi connectivity index (χ2v) is 5.19. The number of amides is 1. The third-order valence-electron chi connectivity index (χ3n) is 3.77. The number of halogens is 3. The molecule has 0 radical (unpaired) electrons. The molecular formula is C15H14F3N3O2. The van der Waals surface area contributed by atoms with Crippen LogP contribution in [0, 0.1) is 0 Å². The standard InChI is InChI=1S/C15H14F3N3O2/c1-23-11-4-2-10(3-5-11)9-21-12-6-7-20(13(12)8-19-21)14(22)15(16,17)18/h2-5,8H,6-7,9H2,1H3. The van der Waals surface area contributed by atoms with E-state index in [1.807, 2.05) is 12.1 Å². The van der Waals surface area contributed by atoms with Crippen LogP contribution in [0.3, 0.4) is 0 Å². The van der Waals surface area contributed by atoms with Crippen molar-refractivity contribution in [1.29, 1.82) is 0 Å². The Morgan fingerprint density at radius 1 is 1.30 bits per heavy atom. The fraction of sp³-hybridized carbons (Fsp3) is 0.333. The highest BCUT2D eigenvalue weighted by Gasteiger charge is 2.45. The van der Waals surface area contributed by atoms with Crippen molar-refractivity contribution in [3.05, 3.63) is 41.7 Å². The molecule has 0 saturated carbocycles. The highest BCUT2D eigenvalue weighted by Crippen LogP contribution is 2.32. The van der Waals surface area contributed by atoms with Crippen LogP contribution in [0.5, 0.6) is 5.75 Å².